The number of aromatic nitrogens is 1. The Labute approximate surface area is 118 Å². The Kier molecular flexibility index (Phi) is 4.79. The number of amides is 2. The first-order chi connectivity index (χ1) is 9.54. The summed E-state index contributed by atoms with van der Waals surface area (Å²) in [5, 5.41) is 2.91. The van der Waals surface area contributed by atoms with Gasteiger partial charge in [-0.15, -0.1) is 0 Å². The standard InChI is InChI=1S/C14H22N4O2/c1-11(2)16-14(20)18-7-5-17(6-8-18)10-12-3-4-13(19)15-9-12/h3-4,9,11H,5-8,10H2,1-2H3,(H,15,19)(H,16,20). The van der Waals surface area contributed by atoms with Gasteiger partial charge in [-0.25, -0.2) is 4.79 Å². The Morgan fingerprint density at radius 2 is 2.00 bits per heavy atom. The minimum Gasteiger partial charge on any atom is -0.336 e. The lowest BCUT2D eigenvalue weighted by atomic mass is 10.2. The van der Waals surface area contributed by atoms with E-state index in [9.17, 15) is 9.59 Å². The molecule has 2 heterocycles. The normalized spacial score (nSPS) is 16.4. The third-order valence-electron chi connectivity index (χ3n) is 3.33. The molecule has 0 aliphatic carbocycles. The van der Waals surface area contributed by atoms with Crippen LogP contribution in [0.25, 0.3) is 0 Å². The smallest absolute Gasteiger partial charge is 0.317 e. The predicted molar refractivity (Wildman–Crippen MR) is 77.6 cm³/mol. The lowest BCUT2D eigenvalue weighted by Crippen LogP contribution is -2.52. The van der Waals surface area contributed by atoms with Crippen LogP contribution in [0.1, 0.15) is 19.4 Å². The molecule has 0 unspecified atom stereocenters. The summed E-state index contributed by atoms with van der Waals surface area (Å²) >= 11 is 0. The molecule has 1 fully saturated rings. The van der Waals surface area contributed by atoms with Crippen LogP contribution in [0, 0.1) is 0 Å². The molecule has 0 spiro atoms. The van der Waals surface area contributed by atoms with Gasteiger partial charge in [0, 0.05) is 51.0 Å². The minimum absolute atomic E-state index is 0.0173. The van der Waals surface area contributed by atoms with E-state index in [0.717, 1.165) is 38.3 Å². The molecule has 20 heavy (non-hydrogen) atoms. The van der Waals surface area contributed by atoms with Crippen molar-refractivity contribution in [3.05, 3.63) is 34.2 Å². The van der Waals surface area contributed by atoms with E-state index in [0.29, 0.717) is 0 Å². The molecular weight excluding hydrogens is 256 g/mol. The van der Waals surface area contributed by atoms with Crippen LogP contribution < -0.4 is 10.9 Å². The average Bonchev–Trinajstić information content (AvgIpc) is 2.41. The fourth-order valence-corrected chi connectivity index (χ4v) is 2.25. The summed E-state index contributed by atoms with van der Waals surface area (Å²) in [6.45, 7) is 7.91. The van der Waals surface area contributed by atoms with Crippen molar-refractivity contribution in [2.45, 2.75) is 26.4 Å². The van der Waals surface area contributed by atoms with Crippen LogP contribution in [0.4, 0.5) is 4.79 Å². The van der Waals surface area contributed by atoms with Gasteiger partial charge in [-0.3, -0.25) is 9.69 Å². The van der Waals surface area contributed by atoms with E-state index in [1.165, 1.54) is 0 Å². The van der Waals surface area contributed by atoms with Crippen molar-refractivity contribution in [3.8, 4) is 0 Å². The van der Waals surface area contributed by atoms with Gasteiger partial charge >= 0.3 is 6.03 Å². The van der Waals surface area contributed by atoms with Gasteiger partial charge in [-0.05, 0) is 19.4 Å². The lowest BCUT2D eigenvalue weighted by Gasteiger charge is -2.35. The minimum atomic E-state index is -0.0797. The van der Waals surface area contributed by atoms with E-state index in [2.05, 4.69) is 15.2 Å². The number of carbonyl (C=O) groups is 1. The first kappa shape index (κ1) is 14.6. The fraction of sp³-hybridized carbons (Fsp3) is 0.571. The van der Waals surface area contributed by atoms with E-state index in [1.807, 2.05) is 24.8 Å². The van der Waals surface area contributed by atoms with Crippen molar-refractivity contribution in [1.82, 2.24) is 20.1 Å². The summed E-state index contributed by atoms with van der Waals surface area (Å²) in [5.74, 6) is 0. The summed E-state index contributed by atoms with van der Waals surface area (Å²) in [4.78, 5) is 29.7. The summed E-state index contributed by atoms with van der Waals surface area (Å²) in [6, 6.07) is 3.57. The monoisotopic (exact) mass is 278 g/mol. The van der Waals surface area contributed by atoms with Crippen molar-refractivity contribution < 1.29 is 4.79 Å². The quantitative estimate of drug-likeness (QED) is 0.851. The van der Waals surface area contributed by atoms with Crippen LogP contribution in [-0.2, 0) is 6.54 Å². The van der Waals surface area contributed by atoms with Crippen LogP contribution in [0.2, 0.25) is 0 Å². The highest BCUT2D eigenvalue weighted by atomic mass is 16.2. The van der Waals surface area contributed by atoms with E-state index >= 15 is 0 Å². The zero-order chi connectivity index (χ0) is 14.5. The van der Waals surface area contributed by atoms with Crippen molar-refractivity contribution in [2.24, 2.45) is 0 Å². The third kappa shape index (κ3) is 4.09. The largest absolute Gasteiger partial charge is 0.336 e. The molecular formula is C14H22N4O2. The van der Waals surface area contributed by atoms with Crippen molar-refractivity contribution >= 4 is 6.03 Å². The molecule has 1 aromatic heterocycles. The molecule has 110 valence electrons. The summed E-state index contributed by atoms with van der Waals surface area (Å²) < 4.78 is 0. The SMILES string of the molecule is CC(C)NC(=O)N1CCN(Cc2ccc(=O)[nH]c2)CC1. The molecule has 0 saturated carbocycles. The predicted octanol–water partition coefficient (Wildman–Crippen LogP) is 0.611. The van der Waals surface area contributed by atoms with Gasteiger partial charge in [-0.1, -0.05) is 6.07 Å². The lowest BCUT2D eigenvalue weighted by molar-refractivity contribution is 0.134. The highest BCUT2D eigenvalue weighted by molar-refractivity contribution is 5.74. The van der Waals surface area contributed by atoms with Gasteiger partial charge in [-0.2, -0.15) is 0 Å². The topological polar surface area (TPSA) is 68.4 Å². The van der Waals surface area contributed by atoms with Crippen molar-refractivity contribution in [1.29, 1.82) is 0 Å². The molecule has 6 nitrogen and oxygen atoms in total. The molecule has 2 N–H and O–H groups in total. The van der Waals surface area contributed by atoms with Crippen molar-refractivity contribution in [3.63, 3.8) is 0 Å². The molecule has 1 aromatic rings. The zero-order valence-electron chi connectivity index (χ0n) is 12.1. The van der Waals surface area contributed by atoms with Gasteiger partial charge < -0.3 is 15.2 Å². The first-order valence-electron chi connectivity index (χ1n) is 7.00. The van der Waals surface area contributed by atoms with E-state index in [1.54, 1.807) is 12.3 Å². The van der Waals surface area contributed by atoms with Crippen LogP contribution >= 0.6 is 0 Å². The summed E-state index contributed by atoms with van der Waals surface area (Å²) in [5.41, 5.74) is 1.01. The first-order valence-corrected chi connectivity index (χ1v) is 7.00. The zero-order valence-corrected chi connectivity index (χ0v) is 12.1. The number of carbonyl (C=O) groups excluding carboxylic acids is 1. The maximum Gasteiger partial charge on any atom is 0.317 e. The molecule has 1 aliphatic heterocycles. The molecule has 1 saturated heterocycles. The number of H-pyrrole nitrogens is 1. The number of urea groups is 1. The molecule has 0 aromatic carbocycles. The van der Waals surface area contributed by atoms with Crippen molar-refractivity contribution in [2.75, 3.05) is 26.2 Å². The second kappa shape index (κ2) is 6.56. The number of rotatable bonds is 3. The Balaban J connectivity index is 1.81. The van der Waals surface area contributed by atoms with Crippen LogP contribution in [-0.4, -0.2) is 53.0 Å². The van der Waals surface area contributed by atoms with E-state index < -0.39 is 0 Å². The molecule has 0 radical (unpaired) electrons. The molecule has 2 amide bonds. The maximum absolute atomic E-state index is 11.9. The van der Waals surface area contributed by atoms with Crippen LogP contribution in [0.15, 0.2) is 23.1 Å². The molecule has 1 aliphatic rings. The Bertz CT molecular complexity index is 484. The maximum atomic E-state index is 11.9. The van der Waals surface area contributed by atoms with Gasteiger partial charge in [0.1, 0.15) is 0 Å². The highest BCUT2D eigenvalue weighted by Gasteiger charge is 2.21. The second-order valence-corrected chi connectivity index (χ2v) is 5.43. The molecule has 0 bridgehead atoms. The van der Waals surface area contributed by atoms with Crippen LogP contribution in [0.3, 0.4) is 0 Å². The number of hydrogen-bond donors (Lipinski definition) is 2. The van der Waals surface area contributed by atoms with E-state index in [-0.39, 0.29) is 17.6 Å². The van der Waals surface area contributed by atoms with Gasteiger partial charge in [0.05, 0.1) is 0 Å². The van der Waals surface area contributed by atoms with Crippen LogP contribution in [0.5, 0.6) is 0 Å². The molecule has 6 heteroatoms. The Morgan fingerprint density at radius 1 is 1.30 bits per heavy atom. The third-order valence-corrected chi connectivity index (χ3v) is 3.33. The fourth-order valence-electron chi connectivity index (χ4n) is 2.25. The molecule has 2 rings (SSSR count). The van der Waals surface area contributed by atoms with E-state index in [4.69, 9.17) is 0 Å². The number of piperazine rings is 1. The Morgan fingerprint density at radius 3 is 2.55 bits per heavy atom. The summed E-state index contributed by atoms with van der Waals surface area (Å²) in [6.07, 6.45) is 1.75. The number of aromatic amines is 1. The number of pyridine rings is 1. The molecule has 0 atom stereocenters. The Hall–Kier alpha value is -1.82. The summed E-state index contributed by atoms with van der Waals surface area (Å²) in [7, 11) is 0. The van der Waals surface area contributed by atoms with Gasteiger partial charge in [0.25, 0.3) is 0 Å². The average molecular weight is 278 g/mol. The second-order valence-electron chi connectivity index (χ2n) is 5.43. The van der Waals surface area contributed by atoms with Gasteiger partial charge in [0.15, 0.2) is 0 Å². The highest BCUT2D eigenvalue weighted by Crippen LogP contribution is 2.07. The number of nitrogens with one attached hydrogen (secondary N) is 2. The van der Waals surface area contributed by atoms with Gasteiger partial charge in [0.2, 0.25) is 5.56 Å². The number of hydrogen-bond acceptors (Lipinski definition) is 3. The number of nitrogens with zero attached hydrogens (tertiary/aromatic N) is 2.